The maximum absolute atomic E-state index is 12.2. The van der Waals surface area contributed by atoms with Gasteiger partial charge in [-0.05, 0) is 31.9 Å². The quantitative estimate of drug-likeness (QED) is 0.796. The lowest BCUT2D eigenvalue weighted by Crippen LogP contribution is -2.24. The van der Waals surface area contributed by atoms with Crippen molar-refractivity contribution in [2.75, 3.05) is 6.54 Å². The van der Waals surface area contributed by atoms with Crippen LogP contribution in [0.2, 0.25) is 0 Å². The van der Waals surface area contributed by atoms with E-state index in [1.807, 2.05) is 32.0 Å². The van der Waals surface area contributed by atoms with Gasteiger partial charge in [-0.2, -0.15) is 0 Å². The van der Waals surface area contributed by atoms with E-state index >= 15 is 0 Å². The SMILES string of the molecule is CCCCNC(=O)c1c(C)[nH]c2cccc(C)c12. The van der Waals surface area contributed by atoms with Gasteiger partial charge in [0.05, 0.1) is 5.56 Å². The smallest absolute Gasteiger partial charge is 0.253 e. The minimum Gasteiger partial charge on any atom is -0.358 e. The minimum atomic E-state index is 0.0292. The third-order valence-electron chi connectivity index (χ3n) is 3.26. The van der Waals surface area contributed by atoms with E-state index in [-0.39, 0.29) is 5.91 Å². The van der Waals surface area contributed by atoms with E-state index in [9.17, 15) is 4.79 Å². The lowest BCUT2D eigenvalue weighted by Gasteiger charge is -2.05. The highest BCUT2D eigenvalue weighted by molar-refractivity contribution is 6.09. The van der Waals surface area contributed by atoms with E-state index in [0.29, 0.717) is 0 Å². The van der Waals surface area contributed by atoms with E-state index in [1.165, 1.54) is 0 Å². The zero-order valence-corrected chi connectivity index (χ0v) is 11.3. The van der Waals surface area contributed by atoms with Crippen molar-refractivity contribution in [3.05, 3.63) is 35.0 Å². The summed E-state index contributed by atoms with van der Waals surface area (Å²) in [6, 6.07) is 6.06. The average Bonchev–Trinajstić information content (AvgIpc) is 2.67. The van der Waals surface area contributed by atoms with Crippen molar-refractivity contribution in [1.29, 1.82) is 0 Å². The molecule has 0 saturated heterocycles. The zero-order chi connectivity index (χ0) is 13.1. The molecule has 2 N–H and O–H groups in total. The fraction of sp³-hybridized carbons (Fsp3) is 0.400. The summed E-state index contributed by atoms with van der Waals surface area (Å²) in [5.74, 6) is 0.0292. The van der Waals surface area contributed by atoms with Crippen LogP contribution in [0, 0.1) is 13.8 Å². The molecule has 0 bridgehead atoms. The zero-order valence-electron chi connectivity index (χ0n) is 11.3. The Hall–Kier alpha value is -1.77. The molecule has 1 aromatic heterocycles. The van der Waals surface area contributed by atoms with Crippen LogP contribution in [-0.4, -0.2) is 17.4 Å². The lowest BCUT2D eigenvalue weighted by atomic mass is 10.1. The molecule has 1 heterocycles. The molecule has 0 aliphatic heterocycles. The molecule has 3 heteroatoms. The number of hydrogen-bond acceptors (Lipinski definition) is 1. The number of unbranched alkanes of at least 4 members (excludes halogenated alkanes) is 1. The molecule has 0 unspecified atom stereocenters. The topological polar surface area (TPSA) is 44.9 Å². The number of aryl methyl sites for hydroxylation is 2. The highest BCUT2D eigenvalue weighted by Crippen LogP contribution is 2.25. The number of amides is 1. The van der Waals surface area contributed by atoms with E-state index in [1.54, 1.807) is 0 Å². The molecular formula is C15H20N2O. The van der Waals surface area contributed by atoms with Crippen LogP contribution in [0.1, 0.15) is 41.4 Å². The Bertz CT molecular complexity index is 569. The summed E-state index contributed by atoms with van der Waals surface area (Å²) in [5.41, 5.74) is 3.90. The molecule has 0 aliphatic rings. The van der Waals surface area contributed by atoms with Gasteiger partial charge in [-0.1, -0.05) is 25.5 Å². The average molecular weight is 244 g/mol. The van der Waals surface area contributed by atoms with Crippen LogP contribution in [0.4, 0.5) is 0 Å². The van der Waals surface area contributed by atoms with Crippen molar-refractivity contribution in [3.63, 3.8) is 0 Å². The van der Waals surface area contributed by atoms with Crippen molar-refractivity contribution < 1.29 is 4.79 Å². The number of aromatic nitrogens is 1. The van der Waals surface area contributed by atoms with Crippen LogP contribution >= 0.6 is 0 Å². The molecule has 18 heavy (non-hydrogen) atoms. The summed E-state index contributed by atoms with van der Waals surface area (Å²) in [5, 5.41) is 4.03. The monoisotopic (exact) mass is 244 g/mol. The van der Waals surface area contributed by atoms with Crippen LogP contribution in [0.15, 0.2) is 18.2 Å². The molecule has 0 spiro atoms. The van der Waals surface area contributed by atoms with Crippen molar-refractivity contribution in [3.8, 4) is 0 Å². The molecule has 2 aromatic rings. The fourth-order valence-electron chi connectivity index (χ4n) is 2.31. The first-order chi connectivity index (χ1) is 8.65. The Morgan fingerprint density at radius 2 is 2.11 bits per heavy atom. The molecule has 0 aliphatic carbocycles. The standard InChI is InChI=1S/C15H20N2O/c1-4-5-9-16-15(18)14-11(3)17-12-8-6-7-10(2)13(12)14/h6-8,17H,4-5,9H2,1-3H3,(H,16,18). The van der Waals surface area contributed by atoms with Crippen LogP contribution in [0.25, 0.3) is 10.9 Å². The van der Waals surface area contributed by atoms with Crippen molar-refractivity contribution in [2.24, 2.45) is 0 Å². The van der Waals surface area contributed by atoms with Gasteiger partial charge in [0.15, 0.2) is 0 Å². The van der Waals surface area contributed by atoms with Crippen molar-refractivity contribution in [2.45, 2.75) is 33.6 Å². The molecule has 0 fully saturated rings. The Kier molecular flexibility index (Phi) is 3.70. The number of benzene rings is 1. The van der Waals surface area contributed by atoms with E-state index in [2.05, 4.69) is 17.2 Å². The second-order valence-electron chi connectivity index (χ2n) is 4.73. The highest BCUT2D eigenvalue weighted by Gasteiger charge is 2.16. The Labute approximate surface area is 108 Å². The Morgan fingerprint density at radius 3 is 2.83 bits per heavy atom. The number of hydrogen-bond donors (Lipinski definition) is 2. The van der Waals surface area contributed by atoms with Crippen LogP contribution < -0.4 is 5.32 Å². The summed E-state index contributed by atoms with van der Waals surface area (Å²) >= 11 is 0. The van der Waals surface area contributed by atoms with E-state index < -0.39 is 0 Å². The first-order valence-corrected chi connectivity index (χ1v) is 6.51. The predicted molar refractivity (Wildman–Crippen MR) is 75.0 cm³/mol. The number of carbonyl (C=O) groups is 1. The largest absolute Gasteiger partial charge is 0.358 e. The Morgan fingerprint density at radius 1 is 1.33 bits per heavy atom. The van der Waals surface area contributed by atoms with Crippen molar-refractivity contribution in [1.82, 2.24) is 10.3 Å². The molecule has 1 aromatic carbocycles. The highest BCUT2D eigenvalue weighted by atomic mass is 16.1. The van der Waals surface area contributed by atoms with Gasteiger partial charge in [-0.15, -0.1) is 0 Å². The lowest BCUT2D eigenvalue weighted by molar-refractivity contribution is 0.0954. The third kappa shape index (κ3) is 2.26. The Balaban J connectivity index is 2.37. The van der Waals surface area contributed by atoms with Crippen LogP contribution in [-0.2, 0) is 0 Å². The van der Waals surface area contributed by atoms with Gasteiger partial charge in [0.25, 0.3) is 5.91 Å². The predicted octanol–water partition coefficient (Wildman–Crippen LogP) is 3.31. The van der Waals surface area contributed by atoms with Gasteiger partial charge in [-0.3, -0.25) is 4.79 Å². The van der Waals surface area contributed by atoms with Gasteiger partial charge in [0.1, 0.15) is 0 Å². The second-order valence-corrected chi connectivity index (χ2v) is 4.73. The van der Waals surface area contributed by atoms with Crippen LogP contribution in [0.3, 0.4) is 0 Å². The number of fused-ring (bicyclic) bond motifs is 1. The summed E-state index contributed by atoms with van der Waals surface area (Å²) in [4.78, 5) is 15.5. The first-order valence-electron chi connectivity index (χ1n) is 6.51. The van der Waals surface area contributed by atoms with Gasteiger partial charge in [0, 0.05) is 23.1 Å². The maximum atomic E-state index is 12.2. The second kappa shape index (κ2) is 5.25. The molecule has 96 valence electrons. The van der Waals surface area contributed by atoms with Gasteiger partial charge < -0.3 is 10.3 Å². The van der Waals surface area contributed by atoms with Crippen molar-refractivity contribution >= 4 is 16.8 Å². The third-order valence-corrected chi connectivity index (χ3v) is 3.26. The number of carbonyl (C=O) groups excluding carboxylic acids is 1. The minimum absolute atomic E-state index is 0.0292. The molecule has 2 rings (SSSR count). The molecular weight excluding hydrogens is 224 g/mol. The van der Waals surface area contributed by atoms with Gasteiger partial charge >= 0.3 is 0 Å². The van der Waals surface area contributed by atoms with E-state index in [0.717, 1.165) is 47.1 Å². The summed E-state index contributed by atoms with van der Waals surface area (Å²) < 4.78 is 0. The molecule has 0 saturated carbocycles. The van der Waals surface area contributed by atoms with Gasteiger partial charge in [0.2, 0.25) is 0 Å². The maximum Gasteiger partial charge on any atom is 0.253 e. The van der Waals surface area contributed by atoms with Crippen LogP contribution in [0.5, 0.6) is 0 Å². The molecule has 3 nitrogen and oxygen atoms in total. The number of H-pyrrole nitrogens is 1. The normalized spacial score (nSPS) is 10.8. The first kappa shape index (κ1) is 12.7. The molecule has 0 radical (unpaired) electrons. The number of nitrogens with one attached hydrogen (secondary N) is 2. The fourth-order valence-corrected chi connectivity index (χ4v) is 2.31. The molecule has 1 amide bonds. The summed E-state index contributed by atoms with van der Waals surface area (Å²) in [6.07, 6.45) is 2.11. The van der Waals surface area contributed by atoms with Gasteiger partial charge in [-0.25, -0.2) is 0 Å². The summed E-state index contributed by atoms with van der Waals surface area (Å²) in [6.45, 7) is 6.85. The molecule has 0 atom stereocenters. The van der Waals surface area contributed by atoms with E-state index in [4.69, 9.17) is 0 Å². The number of rotatable bonds is 4. The number of aromatic amines is 1. The summed E-state index contributed by atoms with van der Waals surface area (Å²) in [7, 11) is 0.